The molecule has 2 N–H and O–H groups in total. The number of nitrogen functional groups attached to an aromatic ring is 1. The van der Waals surface area contributed by atoms with Gasteiger partial charge in [-0.2, -0.15) is 0 Å². The molecule has 0 unspecified atom stereocenters. The zero-order valence-electron chi connectivity index (χ0n) is 12.1. The Morgan fingerprint density at radius 2 is 2.00 bits per heavy atom. The number of nitrogens with two attached hydrogens (primary N) is 1. The first-order chi connectivity index (χ1) is 11.1. The third-order valence-corrected chi connectivity index (χ3v) is 3.59. The molecule has 3 aromatic rings. The van der Waals surface area contributed by atoms with Crippen LogP contribution in [0.5, 0.6) is 5.88 Å². The highest BCUT2D eigenvalue weighted by Crippen LogP contribution is 2.35. The molecule has 0 spiro atoms. The third kappa shape index (κ3) is 2.93. The summed E-state index contributed by atoms with van der Waals surface area (Å²) in [6.45, 7) is 0. The molecule has 3 heterocycles. The highest BCUT2D eigenvalue weighted by Gasteiger charge is 2.16. The average molecular weight is 331 g/mol. The van der Waals surface area contributed by atoms with Gasteiger partial charge >= 0.3 is 0 Å². The Kier molecular flexibility index (Phi) is 4.08. The molecule has 0 aliphatic heterocycles. The first-order valence-corrected chi connectivity index (χ1v) is 7.04. The predicted molar refractivity (Wildman–Crippen MR) is 86.6 cm³/mol. The summed E-state index contributed by atoms with van der Waals surface area (Å²) in [7, 11) is 1.53. The molecular weight excluding hydrogens is 319 g/mol. The Bertz CT molecular complexity index is 855. The SMILES string of the molecule is COc1ccc(-c2nc(N)c(Cl)cc2-c2ccncc2F)cn1. The van der Waals surface area contributed by atoms with Crippen LogP contribution < -0.4 is 10.5 Å². The molecule has 5 nitrogen and oxygen atoms in total. The maximum absolute atomic E-state index is 14.1. The Morgan fingerprint density at radius 3 is 2.65 bits per heavy atom. The fourth-order valence-electron chi connectivity index (χ4n) is 2.16. The zero-order valence-corrected chi connectivity index (χ0v) is 12.9. The largest absolute Gasteiger partial charge is 0.481 e. The summed E-state index contributed by atoms with van der Waals surface area (Å²) in [4.78, 5) is 12.2. The molecule has 23 heavy (non-hydrogen) atoms. The Balaban J connectivity index is 2.23. The number of hydrogen-bond acceptors (Lipinski definition) is 5. The fourth-order valence-corrected chi connectivity index (χ4v) is 2.31. The van der Waals surface area contributed by atoms with Gasteiger partial charge in [0, 0.05) is 35.2 Å². The highest BCUT2D eigenvalue weighted by atomic mass is 35.5. The lowest BCUT2D eigenvalue weighted by Crippen LogP contribution is -1.99. The summed E-state index contributed by atoms with van der Waals surface area (Å²) < 4.78 is 19.2. The minimum atomic E-state index is -0.474. The molecule has 0 saturated heterocycles. The van der Waals surface area contributed by atoms with Crippen LogP contribution >= 0.6 is 11.6 Å². The van der Waals surface area contributed by atoms with Gasteiger partial charge < -0.3 is 10.5 Å². The van der Waals surface area contributed by atoms with Crippen molar-refractivity contribution >= 4 is 17.4 Å². The molecule has 0 aromatic carbocycles. The molecular formula is C16H12ClFN4O. The lowest BCUT2D eigenvalue weighted by atomic mass is 10.0. The van der Waals surface area contributed by atoms with Crippen molar-refractivity contribution in [3.63, 3.8) is 0 Å². The van der Waals surface area contributed by atoms with E-state index < -0.39 is 5.82 Å². The molecule has 0 saturated carbocycles. The normalized spacial score (nSPS) is 10.6. The zero-order chi connectivity index (χ0) is 16.4. The van der Waals surface area contributed by atoms with E-state index in [2.05, 4.69) is 15.0 Å². The summed E-state index contributed by atoms with van der Waals surface area (Å²) in [5.41, 5.74) is 7.79. The number of ether oxygens (including phenoxy) is 1. The van der Waals surface area contributed by atoms with Crippen LogP contribution in [0.25, 0.3) is 22.4 Å². The van der Waals surface area contributed by atoms with Gasteiger partial charge in [0.25, 0.3) is 0 Å². The number of nitrogens with zero attached hydrogens (tertiary/aromatic N) is 3. The summed E-state index contributed by atoms with van der Waals surface area (Å²) >= 11 is 6.06. The van der Waals surface area contributed by atoms with Crippen molar-refractivity contribution in [3.8, 4) is 28.3 Å². The number of pyridine rings is 3. The number of halogens is 2. The molecule has 0 aliphatic carbocycles. The number of aromatic nitrogens is 3. The molecule has 3 rings (SSSR count). The van der Waals surface area contributed by atoms with E-state index in [1.165, 1.54) is 13.3 Å². The van der Waals surface area contributed by atoms with E-state index in [1.807, 2.05) is 0 Å². The molecule has 7 heteroatoms. The van der Waals surface area contributed by atoms with Crippen LogP contribution in [0, 0.1) is 5.82 Å². The molecule has 0 atom stereocenters. The van der Waals surface area contributed by atoms with Crippen LogP contribution in [0.15, 0.2) is 42.9 Å². The number of rotatable bonds is 3. The molecule has 0 amide bonds. The van der Waals surface area contributed by atoms with Crippen LogP contribution in [0.2, 0.25) is 5.02 Å². The second-order valence-electron chi connectivity index (χ2n) is 4.70. The molecule has 0 fully saturated rings. The van der Waals surface area contributed by atoms with Crippen LogP contribution in [0.4, 0.5) is 10.2 Å². The van der Waals surface area contributed by atoms with Gasteiger partial charge in [-0.25, -0.2) is 14.4 Å². The summed E-state index contributed by atoms with van der Waals surface area (Å²) in [6.07, 6.45) is 4.21. The molecule has 3 aromatic heterocycles. The van der Waals surface area contributed by atoms with E-state index in [0.717, 1.165) is 6.20 Å². The van der Waals surface area contributed by atoms with Gasteiger partial charge in [-0.05, 0) is 18.2 Å². The Morgan fingerprint density at radius 1 is 1.17 bits per heavy atom. The van der Waals surface area contributed by atoms with Gasteiger partial charge in [0.05, 0.1) is 24.0 Å². The minimum Gasteiger partial charge on any atom is -0.481 e. The van der Waals surface area contributed by atoms with Crippen molar-refractivity contribution in [2.75, 3.05) is 12.8 Å². The van der Waals surface area contributed by atoms with Crippen LogP contribution in [0.3, 0.4) is 0 Å². The maximum atomic E-state index is 14.1. The van der Waals surface area contributed by atoms with E-state index >= 15 is 0 Å². The van der Waals surface area contributed by atoms with Crippen molar-refractivity contribution < 1.29 is 9.13 Å². The number of methoxy groups -OCH3 is 1. The summed E-state index contributed by atoms with van der Waals surface area (Å²) in [5, 5.41) is 0.251. The first kappa shape index (κ1) is 15.2. The minimum absolute atomic E-state index is 0.163. The van der Waals surface area contributed by atoms with Crippen molar-refractivity contribution in [1.82, 2.24) is 15.0 Å². The van der Waals surface area contributed by atoms with Gasteiger partial charge in [0.1, 0.15) is 11.6 Å². The Hall–Kier alpha value is -2.73. The van der Waals surface area contributed by atoms with E-state index in [9.17, 15) is 4.39 Å². The number of hydrogen-bond donors (Lipinski definition) is 1. The molecule has 116 valence electrons. The van der Waals surface area contributed by atoms with Crippen molar-refractivity contribution in [2.45, 2.75) is 0 Å². The topological polar surface area (TPSA) is 73.9 Å². The standard InChI is InChI=1S/C16H12ClFN4O/c1-23-14-3-2-9(7-21-14)15-11(6-12(17)16(19)22-15)10-4-5-20-8-13(10)18/h2-8H,1H3,(H2,19,22). The first-order valence-electron chi connectivity index (χ1n) is 6.66. The molecule has 0 bridgehead atoms. The molecule has 0 radical (unpaired) electrons. The van der Waals surface area contributed by atoms with Crippen LogP contribution in [-0.4, -0.2) is 22.1 Å². The Labute approximate surface area is 136 Å². The third-order valence-electron chi connectivity index (χ3n) is 3.28. The second kappa shape index (κ2) is 6.18. The van der Waals surface area contributed by atoms with E-state index in [4.69, 9.17) is 22.1 Å². The van der Waals surface area contributed by atoms with Gasteiger partial charge in [0.2, 0.25) is 5.88 Å². The molecule has 0 aliphatic rings. The monoisotopic (exact) mass is 330 g/mol. The van der Waals surface area contributed by atoms with E-state index in [-0.39, 0.29) is 10.8 Å². The lowest BCUT2D eigenvalue weighted by Gasteiger charge is -2.12. The van der Waals surface area contributed by atoms with Gasteiger partial charge in [-0.15, -0.1) is 0 Å². The van der Waals surface area contributed by atoms with Gasteiger partial charge in [-0.1, -0.05) is 11.6 Å². The lowest BCUT2D eigenvalue weighted by molar-refractivity contribution is 0.398. The summed E-state index contributed by atoms with van der Waals surface area (Å²) in [5.74, 6) is 0.154. The maximum Gasteiger partial charge on any atom is 0.212 e. The smallest absolute Gasteiger partial charge is 0.212 e. The highest BCUT2D eigenvalue weighted by molar-refractivity contribution is 6.33. The van der Waals surface area contributed by atoms with Crippen molar-refractivity contribution in [3.05, 3.63) is 53.7 Å². The van der Waals surface area contributed by atoms with Gasteiger partial charge in [-0.3, -0.25) is 4.98 Å². The van der Waals surface area contributed by atoms with E-state index in [1.54, 1.807) is 30.5 Å². The van der Waals surface area contributed by atoms with Crippen LogP contribution in [-0.2, 0) is 0 Å². The average Bonchev–Trinajstić information content (AvgIpc) is 2.58. The number of anilines is 1. The quantitative estimate of drug-likeness (QED) is 0.794. The fraction of sp³-hybridized carbons (Fsp3) is 0.0625. The van der Waals surface area contributed by atoms with E-state index in [0.29, 0.717) is 28.3 Å². The summed E-state index contributed by atoms with van der Waals surface area (Å²) in [6, 6.07) is 6.60. The second-order valence-corrected chi connectivity index (χ2v) is 5.10. The van der Waals surface area contributed by atoms with Crippen molar-refractivity contribution in [2.24, 2.45) is 0 Å². The predicted octanol–water partition coefficient (Wildman–Crippen LogP) is 3.59. The van der Waals surface area contributed by atoms with Crippen molar-refractivity contribution in [1.29, 1.82) is 0 Å². The van der Waals surface area contributed by atoms with Gasteiger partial charge in [0.15, 0.2) is 0 Å². The van der Waals surface area contributed by atoms with Crippen LogP contribution in [0.1, 0.15) is 0 Å².